The van der Waals surface area contributed by atoms with Gasteiger partial charge in [0.25, 0.3) is 10.0 Å². The van der Waals surface area contributed by atoms with E-state index in [9.17, 15) is 18.3 Å². The zero-order valence-electron chi connectivity index (χ0n) is 14.8. The van der Waals surface area contributed by atoms with Crippen molar-refractivity contribution in [1.82, 2.24) is 0 Å². The first-order chi connectivity index (χ1) is 12.9. The van der Waals surface area contributed by atoms with Crippen molar-refractivity contribution in [2.75, 3.05) is 10.9 Å². The number of hydrogen-bond donors (Lipinski definition) is 1. The molecular weight excluding hydrogens is 366 g/mol. The fraction of sp³-hybridized carbons (Fsp3) is 0.250. The summed E-state index contributed by atoms with van der Waals surface area (Å²) in [5, 5.41) is 9.26. The van der Waals surface area contributed by atoms with E-state index in [-0.39, 0.29) is 17.9 Å². The predicted octanol–water partition coefficient (Wildman–Crippen LogP) is 3.20. The van der Waals surface area contributed by atoms with Gasteiger partial charge in [-0.2, -0.15) is 0 Å². The summed E-state index contributed by atoms with van der Waals surface area (Å²) in [5.41, 5.74) is 0.888. The molecule has 0 spiro atoms. The maximum absolute atomic E-state index is 13.0. The van der Waals surface area contributed by atoms with Crippen molar-refractivity contribution in [3.05, 3.63) is 54.1 Å². The third kappa shape index (κ3) is 3.76. The second-order valence-electron chi connectivity index (χ2n) is 5.94. The highest BCUT2D eigenvalue weighted by molar-refractivity contribution is 7.93. The molecule has 0 saturated heterocycles. The summed E-state index contributed by atoms with van der Waals surface area (Å²) >= 11 is 0. The van der Waals surface area contributed by atoms with Crippen molar-refractivity contribution in [1.29, 1.82) is 0 Å². The van der Waals surface area contributed by atoms with Crippen LogP contribution >= 0.6 is 0 Å². The van der Waals surface area contributed by atoms with Crippen LogP contribution in [0.3, 0.4) is 0 Å². The Morgan fingerprint density at radius 3 is 2.52 bits per heavy atom. The summed E-state index contributed by atoms with van der Waals surface area (Å²) in [4.78, 5) is 11.5. The zero-order valence-corrected chi connectivity index (χ0v) is 15.6. The first-order valence-corrected chi connectivity index (χ1v) is 9.93. The third-order valence-electron chi connectivity index (χ3n) is 4.17. The molecule has 0 fully saturated rings. The fourth-order valence-electron chi connectivity index (χ4n) is 3.05. The molecule has 1 heterocycles. The number of benzene rings is 2. The number of fused-ring (bicyclic) bond motifs is 1. The van der Waals surface area contributed by atoms with Gasteiger partial charge in [0.05, 0.1) is 23.0 Å². The SMILES string of the molecule is CCC#CCOc1ccc(N2C(CC(=O)O)c3ccccc3S2(=O)=O)cc1. The average molecular weight is 385 g/mol. The van der Waals surface area contributed by atoms with Crippen molar-refractivity contribution in [3.63, 3.8) is 0 Å². The topological polar surface area (TPSA) is 83.9 Å². The van der Waals surface area contributed by atoms with Crippen molar-refractivity contribution < 1.29 is 23.1 Å². The van der Waals surface area contributed by atoms with E-state index in [2.05, 4.69) is 11.8 Å². The van der Waals surface area contributed by atoms with E-state index >= 15 is 0 Å². The Morgan fingerprint density at radius 2 is 1.85 bits per heavy atom. The number of hydrogen-bond acceptors (Lipinski definition) is 4. The van der Waals surface area contributed by atoms with Crippen LogP contribution in [-0.4, -0.2) is 26.1 Å². The first-order valence-electron chi connectivity index (χ1n) is 8.49. The van der Waals surface area contributed by atoms with E-state index in [4.69, 9.17) is 4.74 Å². The number of anilines is 1. The molecule has 7 heteroatoms. The lowest BCUT2D eigenvalue weighted by Crippen LogP contribution is -2.29. The molecule has 1 aliphatic heterocycles. The molecule has 1 aliphatic rings. The molecule has 27 heavy (non-hydrogen) atoms. The molecule has 0 aliphatic carbocycles. The molecule has 2 aromatic rings. The van der Waals surface area contributed by atoms with Crippen LogP contribution in [0.2, 0.25) is 0 Å². The van der Waals surface area contributed by atoms with Crippen LogP contribution in [0, 0.1) is 11.8 Å². The highest BCUT2D eigenvalue weighted by Gasteiger charge is 2.43. The van der Waals surface area contributed by atoms with Crippen molar-refractivity contribution in [2.45, 2.75) is 30.7 Å². The quantitative estimate of drug-likeness (QED) is 0.799. The van der Waals surface area contributed by atoms with Gasteiger partial charge in [-0.1, -0.05) is 31.0 Å². The van der Waals surface area contributed by atoms with Gasteiger partial charge in [-0.15, -0.1) is 5.92 Å². The largest absolute Gasteiger partial charge is 0.481 e. The zero-order chi connectivity index (χ0) is 19.4. The van der Waals surface area contributed by atoms with Gasteiger partial charge in [0.2, 0.25) is 0 Å². The molecule has 0 radical (unpaired) electrons. The lowest BCUT2D eigenvalue weighted by atomic mass is 10.0. The van der Waals surface area contributed by atoms with Gasteiger partial charge in [0.1, 0.15) is 12.4 Å². The van der Waals surface area contributed by atoms with Gasteiger partial charge in [-0.3, -0.25) is 9.10 Å². The minimum Gasteiger partial charge on any atom is -0.481 e. The number of aliphatic carboxylic acids is 1. The number of sulfonamides is 1. The first kappa shape index (κ1) is 18.8. The predicted molar refractivity (Wildman–Crippen MR) is 101 cm³/mol. The van der Waals surface area contributed by atoms with Gasteiger partial charge >= 0.3 is 5.97 Å². The van der Waals surface area contributed by atoms with Crippen molar-refractivity contribution >= 4 is 21.7 Å². The van der Waals surface area contributed by atoms with Crippen LogP contribution in [0.15, 0.2) is 53.4 Å². The Labute approximate surface area is 158 Å². The molecule has 0 saturated carbocycles. The number of carboxylic acid groups (broad SMARTS) is 1. The Kier molecular flexibility index (Phi) is 5.38. The Balaban J connectivity index is 1.93. The molecule has 140 valence electrons. The van der Waals surface area contributed by atoms with Gasteiger partial charge in [-0.25, -0.2) is 8.42 Å². The fourth-order valence-corrected chi connectivity index (χ4v) is 4.94. The van der Waals surface area contributed by atoms with E-state index < -0.39 is 22.0 Å². The summed E-state index contributed by atoms with van der Waals surface area (Å²) in [7, 11) is -3.82. The van der Waals surface area contributed by atoms with Crippen LogP contribution in [0.25, 0.3) is 0 Å². The minimum absolute atomic E-state index is 0.145. The lowest BCUT2D eigenvalue weighted by molar-refractivity contribution is -0.137. The maximum Gasteiger partial charge on any atom is 0.305 e. The van der Waals surface area contributed by atoms with Gasteiger partial charge < -0.3 is 9.84 Å². The van der Waals surface area contributed by atoms with Crippen LogP contribution in [0.5, 0.6) is 5.75 Å². The molecule has 6 nitrogen and oxygen atoms in total. The Hall–Kier alpha value is -2.98. The standard InChI is InChI=1S/C20H19NO5S/c1-2-3-6-13-26-16-11-9-15(10-12-16)21-18(14-20(22)23)17-7-4-5-8-19(17)27(21,24)25/h4-5,7-12,18H,2,13-14H2,1H3,(H,22,23). The van der Waals surface area contributed by atoms with Gasteiger partial charge in [0, 0.05) is 6.42 Å². The van der Waals surface area contributed by atoms with E-state index in [0.29, 0.717) is 17.0 Å². The van der Waals surface area contributed by atoms with Crippen molar-refractivity contribution in [3.8, 4) is 17.6 Å². The summed E-state index contributed by atoms with van der Waals surface area (Å²) < 4.78 is 32.6. The number of carbonyl (C=O) groups is 1. The van der Waals surface area contributed by atoms with Crippen LogP contribution < -0.4 is 9.04 Å². The van der Waals surface area contributed by atoms with Gasteiger partial charge in [-0.05, 0) is 35.9 Å². The molecule has 1 unspecified atom stereocenters. The van der Waals surface area contributed by atoms with E-state index in [0.717, 1.165) is 6.42 Å². The summed E-state index contributed by atoms with van der Waals surface area (Å²) in [5.74, 6) is 5.26. The number of nitrogens with zero attached hydrogens (tertiary/aromatic N) is 1. The van der Waals surface area contributed by atoms with Crippen LogP contribution in [-0.2, 0) is 14.8 Å². The van der Waals surface area contributed by atoms with Crippen molar-refractivity contribution in [2.24, 2.45) is 0 Å². The normalized spacial score (nSPS) is 16.9. The molecule has 0 bridgehead atoms. The van der Waals surface area contributed by atoms with E-state index in [1.54, 1.807) is 42.5 Å². The second kappa shape index (κ2) is 7.72. The highest BCUT2D eigenvalue weighted by Crippen LogP contribution is 2.44. The monoisotopic (exact) mass is 385 g/mol. The molecular formula is C20H19NO5S. The Morgan fingerprint density at radius 1 is 1.15 bits per heavy atom. The number of rotatable bonds is 5. The molecule has 0 amide bonds. The molecule has 1 N–H and O–H groups in total. The summed E-state index contributed by atoms with van der Waals surface area (Å²) in [6.07, 6.45) is 0.432. The maximum atomic E-state index is 13.0. The second-order valence-corrected chi connectivity index (χ2v) is 7.73. The highest BCUT2D eigenvalue weighted by atomic mass is 32.2. The van der Waals surface area contributed by atoms with Crippen LogP contribution in [0.1, 0.15) is 31.4 Å². The number of ether oxygens (including phenoxy) is 1. The lowest BCUT2D eigenvalue weighted by Gasteiger charge is -2.24. The Bertz CT molecular complexity index is 1000. The third-order valence-corrected chi connectivity index (χ3v) is 6.08. The van der Waals surface area contributed by atoms with E-state index in [1.807, 2.05) is 6.92 Å². The van der Waals surface area contributed by atoms with E-state index in [1.165, 1.54) is 10.4 Å². The minimum atomic E-state index is -3.82. The summed E-state index contributed by atoms with van der Waals surface area (Å²) in [6, 6.07) is 12.2. The number of carboxylic acids is 1. The van der Waals surface area contributed by atoms with Crippen LogP contribution in [0.4, 0.5) is 5.69 Å². The average Bonchev–Trinajstić information content (AvgIpc) is 2.86. The smallest absolute Gasteiger partial charge is 0.305 e. The summed E-state index contributed by atoms with van der Waals surface area (Å²) in [6.45, 7) is 2.20. The molecule has 1 atom stereocenters. The molecule has 2 aromatic carbocycles. The van der Waals surface area contributed by atoms with Gasteiger partial charge in [0.15, 0.2) is 0 Å². The molecule has 0 aromatic heterocycles. The molecule has 3 rings (SSSR count).